The predicted molar refractivity (Wildman–Crippen MR) is 100 cm³/mol. The van der Waals surface area contributed by atoms with Crippen molar-refractivity contribution >= 4 is 17.4 Å². The van der Waals surface area contributed by atoms with Crippen molar-refractivity contribution < 1.29 is 19.1 Å². The van der Waals surface area contributed by atoms with Crippen LogP contribution < -0.4 is 5.32 Å². The zero-order chi connectivity index (χ0) is 18.8. The molecule has 1 spiro atoms. The number of carbonyl (C=O) groups is 2. The number of anilines is 1. The first-order chi connectivity index (χ1) is 12.3. The minimum Gasteiger partial charge on any atom is -0.381 e. The molecule has 1 aromatic rings. The Bertz CT molecular complexity index is 648. The number of amides is 1. The molecule has 1 aromatic carbocycles. The highest BCUT2D eigenvalue weighted by Crippen LogP contribution is 2.37. The lowest BCUT2D eigenvalue weighted by Crippen LogP contribution is -2.46. The highest BCUT2D eigenvalue weighted by molar-refractivity contribution is 6.00. The molecule has 1 unspecified atom stereocenters. The summed E-state index contributed by atoms with van der Waals surface area (Å²) in [7, 11) is 0. The fourth-order valence-electron chi connectivity index (χ4n) is 3.73. The minimum absolute atomic E-state index is 0.0362. The third-order valence-electron chi connectivity index (χ3n) is 5.36. The second-order valence-electron chi connectivity index (χ2n) is 8.48. The summed E-state index contributed by atoms with van der Waals surface area (Å²) in [4.78, 5) is 25.0. The van der Waals surface area contributed by atoms with E-state index in [1.807, 2.05) is 20.8 Å². The molecule has 0 aromatic heterocycles. The summed E-state index contributed by atoms with van der Waals surface area (Å²) in [5.41, 5.74) is 0.794. The fraction of sp³-hybridized carbons (Fsp3) is 0.619. The summed E-state index contributed by atoms with van der Waals surface area (Å²) >= 11 is 0. The summed E-state index contributed by atoms with van der Waals surface area (Å²) in [6, 6.07) is 7.18. The third-order valence-corrected chi connectivity index (χ3v) is 5.36. The van der Waals surface area contributed by atoms with Crippen molar-refractivity contribution in [1.82, 2.24) is 0 Å². The van der Waals surface area contributed by atoms with Crippen molar-refractivity contribution in [3.05, 3.63) is 29.8 Å². The van der Waals surface area contributed by atoms with Gasteiger partial charge in [-0.25, -0.2) is 0 Å². The van der Waals surface area contributed by atoms with Crippen molar-refractivity contribution in [3.63, 3.8) is 0 Å². The van der Waals surface area contributed by atoms with E-state index in [1.54, 1.807) is 24.3 Å². The Hall–Kier alpha value is -1.72. The fourth-order valence-corrected chi connectivity index (χ4v) is 3.73. The number of carbonyl (C=O) groups excluding carboxylic acids is 2. The second-order valence-corrected chi connectivity index (χ2v) is 8.48. The molecular formula is C21H29NO4. The monoisotopic (exact) mass is 359 g/mol. The van der Waals surface area contributed by atoms with Gasteiger partial charge in [-0.05, 0) is 49.9 Å². The molecule has 0 aliphatic carbocycles. The first-order valence-electron chi connectivity index (χ1n) is 9.47. The maximum atomic E-state index is 12.7. The van der Waals surface area contributed by atoms with E-state index in [9.17, 15) is 9.59 Å². The molecule has 142 valence electrons. The van der Waals surface area contributed by atoms with Crippen LogP contribution in [0.4, 0.5) is 5.69 Å². The zero-order valence-corrected chi connectivity index (χ0v) is 16.0. The molecule has 1 atom stereocenters. The Morgan fingerprint density at radius 2 is 1.73 bits per heavy atom. The Morgan fingerprint density at radius 1 is 1.08 bits per heavy atom. The topological polar surface area (TPSA) is 64.6 Å². The Morgan fingerprint density at radius 3 is 2.35 bits per heavy atom. The normalized spacial score (nSPS) is 22.8. The maximum absolute atomic E-state index is 12.7. The largest absolute Gasteiger partial charge is 0.381 e. The summed E-state index contributed by atoms with van der Waals surface area (Å²) in [6.45, 7) is 7.75. The van der Waals surface area contributed by atoms with E-state index in [0.29, 0.717) is 25.4 Å². The number of benzene rings is 1. The first-order valence-corrected chi connectivity index (χ1v) is 9.47. The molecule has 3 rings (SSSR count). The van der Waals surface area contributed by atoms with E-state index in [-0.39, 0.29) is 23.2 Å². The van der Waals surface area contributed by atoms with Crippen molar-refractivity contribution in [2.45, 2.75) is 52.1 Å². The van der Waals surface area contributed by atoms with Crippen LogP contribution in [-0.4, -0.2) is 37.1 Å². The van der Waals surface area contributed by atoms with E-state index in [0.717, 1.165) is 31.4 Å². The Kier molecular flexibility index (Phi) is 5.49. The van der Waals surface area contributed by atoms with Crippen molar-refractivity contribution in [2.75, 3.05) is 25.1 Å². The Balaban J connectivity index is 1.61. The van der Waals surface area contributed by atoms with Gasteiger partial charge in [0.15, 0.2) is 5.78 Å². The van der Waals surface area contributed by atoms with Gasteiger partial charge >= 0.3 is 0 Å². The van der Waals surface area contributed by atoms with Crippen molar-refractivity contribution in [2.24, 2.45) is 11.3 Å². The van der Waals surface area contributed by atoms with Gasteiger partial charge in [0.25, 0.3) is 0 Å². The van der Waals surface area contributed by atoms with E-state index in [4.69, 9.17) is 9.47 Å². The number of rotatable bonds is 3. The number of hydrogen-bond donors (Lipinski definition) is 1. The molecule has 0 bridgehead atoms. The average molecular weight is 359 g/mol. The molecule has 2 aliphatic heterocycles. The van der Waals surface area contributed by atoms with E-state index >= 15 is 0 Å². The van der Waals surface area contributed by atoms with Gasteiger partial charge in [0, 0.05) is 42.4 Å². The van der Waals surface area contributed by atoms with Crippen LogP contribution in [0.2, 0.25) is 0 Å². The molecule has 2 aliphatic rings. The predicted octanol–water partition coefficient (Wildman–Crippen LogP) is 3.83. The zero-order valence-electron chi connectivity index (χ0n) is 16.0. The van der Waals surface area contributed by atoms with Gasteiger partial charge in [-0.2, -0.15) is 0 Å². The molecule has 2 fully saturated rings. The lowest BCUT2D eigenvalue weighted by molar-refractivity contribution is -0.155. The standard InChI is InChI=1S/C21H29NO4/c1-20(2,3)18(23)15-4-6-17(7-5-15)22-19(24)16-8-11-26-21(14-16)9-12-25-13-10-21/h4-7,16H,8-14H2,1-3H3,(H,22,24). The van der Waals surface area contributed by atoms with E-state index in [1.165, 1.54) is 0 Å². The maximum Gasteiger partial charge on any atom is 0.227 e. The van der Waals surface area contributed by atoms with Crippen LogP contribution in [0.3, 0.4) is 0 Å². The summed E-state index contributed by atoms with van der Waals surface area (Å²) in [5, 5.41) is 3.00. The molecule has 26 heavy (non-hydrogen) atoms. The number of nitrogens with one attached hydrogen (secondary N) is 1. The van der Waals surface area contributed by atoms with Gasteiger partial charge in [-0.1, -0.05) is 20.8 Å². The van der Waals surface area contributed by atoms with Crippen molar-refractivity contribution in [1.29, 1.82) is 0 Å². The number of hydrogen-bond acceptors (Lipinski definition) is 4. The van der Waals surface area contributed by atoms with Gasteiger partial charge in [0.1, 0.15) is 0 Å². The molecule has 5 heteroatoms. The van der Waals surface area contributed by atoms with Crippen LogP contribution in [0.25, 0.3) is 0 Å². The van der Waals surface area contributed by atoms with Gasteiger partial charge in [-0.15, -0.1) is 0 Å². The van der Waals surface area contributed by atoms with Gasteiger partial charge < -0.3 is 14.8 Å². The SMILES string of the molecule is CC(C)(C)C(=O)c1ccc(NC(=O)C2CCOC3(CCOCC3)C2)cc1. The molecule has 5 nitrogen and oxygen atoms in total. The second kappa shape index (κ2) is 7.49. The highest BCUT2D eigenvalue weighted by Gasteiger charge is 2.41. The molecule has 1 N–H and O–H groups in total. The Labute approximate surface area is 155 Å². The number of ketones is 1. The van der Waals surface area contributed by atoms with Crippen LogP contribution in [0, 0.1) is 11.3 Å². The van der Waals surface area contributed by atoms with Crippen LogP contribution >= 0.6 is 0 Å². The first kappa shape index (κ1) is 19.1. The van der Waals surface area contributed by atoms with E-state index in [2.05, 4.69) is 5.32 Å². The number of ether oxygens (including phenoxy) is 2. The average Bonchev–Trinajstić information content (AvgIpc) is 2.61. The smallest absolute Gasteiger partial charge is 0.227 e. The minimum atomic E-state index is -0.412. The van der Waals surface area contributed by atoms with Gasteiger partial charge in [0.2, 0.25) is 5.91 Å². The quantitative estimate of drug-likeness (QED) is 0.833. The molecule has 0 saturated carbocycles. The third kappa shape index (κ3) is 4.33. The molecule has 2 heterocycles. The lowest BCUT2D eigenvalue weighted by Gasteiger charge is -2.42. The highest BCUT2D eigenvalue weighted by atomic mass is 16.5. The van der Waals surface area contributed by atoms with Crippen LogP contribution in [0.1, 0.15) is 56.8 Å². The number of Topliss-reactive ketones (excluding diaryl/α,β-unsaturated/α-hetero) is 1. The molecule has 0 radical (unpaired) electrons. The van der Waals surface area contributed by atoms with Crippen LogP contribution in [-0.2, 0) is 14.3 Å². The van der Waals surface area contributed by atoms with Gasteiger partial charge in [-0.3, -0.25) is 9.59 Å². The van der Waals surface area contributed by atoms with Crippen molar-refractivity contribution in [3.8, 4) is 0 Å². The van der Waals surface area contributed by atoms with Crippen LogP contribution in [0.5, 0.6) is 0 Å². The molecular weight excluding hydrogens is 330 g/mol. The lowest BCUT2D eigenvalue weighted by atomic mass is 9.80. The summed E-state index contributed by atoms with van der Waals surface area (Å²) < 4.78 is 11.4. The summed E-state index contributed by atoms with van der Waals surface area (Å²) in [5.74, 6) is 0.0908. The van der Waals surface area contributed by atoms with E-state index < -0.39 is 5.41 Å². The van der Waals surface area contributed by atoms with Crippen LogP contribution in [0.15, 0.2) is 24.3 Å². The molecule has 1 amide bonds. The van der Waals surface area contributed by atoms with Gasteiger partial charge in [0.05, 0.1) is 5.60 Å². The molecule has 2 saturated heterocycles. The summed E-state index contributed by atoms with van der Waals surface area (Å²) in [6.07, 6.45) is 3.22.